The van der Waals surface area contributed by atoms with E-state index in [1.807, 2.05) is 37.3 Å². The van der Waals surface area contributed by atoms with Gasteiger partial charge in [-0.3, -0.25) is 14.7 Å². The van der Waals surface area contributed by atoms with Gasteiger partial charge in [-0.1, -0.05) is 6.07 Å². The molecule has 1 atom stereocenters. The molecule has 1 aliphatic rings. The second-order valence-electron chi connectivity index (χ2n) is 5.33. The molecule has 1 aromatic heterocycles. The van der Waals surface area contributed by atoms with E-state index in [1.54, 1.807) is 6.20 Å². The SMILES string of the molecule is CC(C(=O)Nc1cccc2ncccc12)N1CCNCC1.Cl.Cl.Cl. The zero-order valence-corrected chi connectivity index (χ0v) is 15.8. The largest absolute Gasteiger partial charge is 0.324 e. The number of benzene rings is 1. The highest BCUT2D eigenvalue weighted by Crippen LogP contribution is 2.21. The maximum atomic E-state index is 12.5. The summed E-state index contributed by atoms with van der Waals surface area (Å²) in [5, 5.41) is 7.31. The van der Waals surface area contributed by atoms with Crippen molar-refractivity contribution < 1.29 is 4.79 Å². The van der Waals surface area contributed by atoms with Gasteiger partial charge < -0.3 is 10.6 Å². The molecule has 2 aromatic rings. The summed E-state index contributed by atoms with van der Waals surface area (Å²) in [6.07, 6.45) is 1.76. The van der Waals surface area contributed by atoms with Crippen molar-refractivity contribution in [2.24, 2.45) is 0 Å². The molecule has 0 spiro atoms. The second kappa shape index (κ2) is 10.7. The highest BCUT2D eigenvalue weighted by Gasteiger charge is 2.22. The van der Waals surface area contributed by atoms with E-state index >= 15 is 0 Å². The fourth-order valence-corrected chi connectivity index (χ4v) is 2.68. The summed E-state index contributed by atoms with van der Waals surface area (Å²) in [7, 11) is 0. The average Bonchev–Trinajstić information content (AvgIpc) is 2.55. The maximum absolute atomic E-state index is 12.5. The number of pyridine rings is 1. The van der Waals surface area contributed by atoms with Crippen molar-refractivity contribution in [1.82, 2.24) is 15.2 Å². The van der Waals surface area contributed by atoms with Crippen LogP contribution in [0.3, 0.4) is 0 Å². The number of nitrogens with zero attached hydrogens (tertiary/aromatic N) is 2. The number of piperazine rings is 1. The van der Waals surface area contributed by atoms with Gasteiger partial charge in [-0.05, 0) is 31.2 Å². The number of carbonyl (C=O) groups excluding carboxylic acids is 1. The third-order valence-electron chi connectivity index (χ3n) is 3.98. The first kappa shape index (κ1) is 22.9. The third-order valence-corrected chi connectivity index (χ3v) is 3.98. The van der Waals surface area contributed by atoms with Gasteiger partial charge >= 0.3 is 0 Å². The van der Waals surface area contributed by atoms with E-state index in [0.717, 1.165) is 42.8 Å². The number of carbonyl (C=O) groups is 1. The molecule has 2 N–H and O–H groups in total. The molecule has 2 heterocycles. The Morgan fingerprint density at radius 3 is 2.58 bits per heavy atom. The van der Waals surface area contributed by atoms with Gasteiger partial charge in [0.15, 0.2) is 0 Å². The molecular weight excluding hydrogens is 371 g/mol. The summed E-state index contributed by atoms with van der Waals surface area (Å²) in [5.74, 6) is 0.0354. The van der Waals surface area contributed by atoms with Gasteiger partial charge in [0.1, 0.15) is 0 Å². The second-order valence-corrected chi connectivity index (χ2v) is 5.33. The van der Waals surface area contributed by atoms with Crippen LogP contribution in [0.25, 0.3) is 10.9 Å². The number of nitrogens with one attached hydrogen (secondary N) is 2. The Hall–Kier alpha value is -1.11. The van der Waals surface area contributed by atoms with Gasteiger partial charge in [-0.15, -0.1) is 37.2 Å². The van der Waals surface area contributed by atoms with Crippen molar-refractivity contribution >= 4 is 59.7 Å². The van der Waals surface area contributed by atoms with E-state index in [0.29, 0.717) is 0 Å². The molecule has 1 unspecified atom stereocenters. The Morgan fingerprint density at radius 1 is 1.17 bits per heavy atom. The summed E-state index contributed by atoms with van der Waals surface area (Å²) in [4.78, 5) is 19.0. The topological polar surface area (TPSA) is 57.3 Å². The first-order chi connectivity index (χ1) is 10.3. The van der Waals surface area contributed by atoms with Crippen LogP contribution in [-0.4, -0.2) is 48.0 Å². The minimum Gasteiger partial charge on any atom is -0.324 e. The quantitative estimate of drug-likeness (QED) is 0.842. The molecule has 3 rings (SSSR count). The van der Waals surface area contributed by atoms with E-state index in [2.05, 4.69) is 20.5 Å². The standard InChI is InChI=1S/C16H20N4O.3ClH/c1-12(20-10-8-17-9-11-20)16(21)19-15-6-2-5-14-13(15)4-3-7-18-14;;;/h2-7,12,17H,8-11H2,1H3,(H,19,21);3*1H. The maximum Gasteiger partial charge on any atom is 0.241 e. The van der Waals surface area contributed by atoms with E-state index in [4.69, 9.17) is 0 Å². The minimum atomic E-state index is -0.126. The monoisotopic (exact) mass is 392 g/mol. The Kier molecular flexibility index (Phi) is 10.2. The molecule has 1 saturated heterocycles. The Labute approximate surface area is 160 Å². The van der Waals surface area contributed by atoms with Crippen LogP contribution in [0.4, 0.5) is 5.69 Å². The van der Waals surface area contributed by atoms with Gasteiger partial charge in [0, 0.05) is 37.8 Å². The number of rotatable bonds is 3. The Balaban J connectivity index is 0.00000176. The average molecular weight is 394 g/mol. The van der Waals surface area contributed by atoms with Crippen LogP contribution in [0.15, 0.2) is 36.5 Å². The number of aromatic nitrogens is 1. The lowest BCUT2D eigenvalue weighted by Crippen LogP contribution is -2.51. The first-order valence-electron chi connectivity index (χ1n) is 7.35. The zero-order valence-electron chi connectivity index (χ0n) is 13.4. The summed E-state index contributed by atoms with van der Waals surface area (Å²) in [6, 6.07) is 9.53. The lowest BCUT2D eigenvalue weighted by molar-refractivity contribution is -0.120. The molecule has 0 aliphatic carbocycles. The predicted octanol–water partition coefficient (Wildman–Crippen LogP) is 2.73. The van der Waals surface area contributed by atoms with Crippen molar-refractivity contribution in [1.29, 1.82) is 0 Å². The van der Waals surface area contributed by atoms with Gasteiger partial charge in [0.2, 0.25) is 5.91 Å². The lowest BCUT2D eigenvalue weighted by Gasteiger charge is -2.31. The normalized spacial score (nSPS) is 15.4. The molecule has 8 heteroatoms. The molecule has 0 saturated carbocycles. The number of anilines is 1. The highest BCUT2D eigenvalue weighted by molar-refractivity contribution is 6.02. The van der Waals surface area contributed by atoms with E-state index in [9.17, 15) is 4.79 Å². The smallest absolute Gasteiger partial charge is 0.241 e. The summed E-state index contributed by atoms with van der Waals surface area (Å²) in [5.41, 5.74) is 1.72. The predicted molar refractivity (Wildman–Crippen MR) is 106 cm³/mol. The Bertz CT molecular complexity index is 645. The van der Waals surface area contributed by atoms with Gasteiger partial charge in [0.25, 0.3) is 0 Å². The highest BCUT2D eigenvalue weighted by atomic mass is 35.5. The number of hydrogen-bond acceptors (Lipinski definition) is 4. The molecule has 1 aromatic carbocycles. The fourth-order valence-electron chi connectivity index (χ4n) is 2.68. The van der Waals surface area contributed by atoms with Crippen molar-refractivity contribution in [2.75, 3.05) is 31.5 Å². The first-order valence-corrected chi connectivity index (χ1v) is 7.35. The molecule has 1 aliphatic heterocycles. The minimum absolute atomic E-state index is 0. The van der Waals surface area contributed by atoms with Crippen molar-refractivity contribution in [3.05, 3.63) is 36.5 Å². The Morgan fingerprint density at radius 2 is 1.88 bits per heavy atom. The summed E-state index contributed by atoms with van der Waals surface area (Å²) in [6.45, 7) is 5.66. The number of hydrogen-bond donors (Lipinski definition) is 2. The van der Waals surface area contributed by atoms with Crippen LogP contribution < -0.4 is 10.6 Å². The van der Waals surface area contributed by atoms with E-state index < -0.39 is 0 Å². The molecule has 0 radical (unpaired) electrons. The van der Waals surface area contributed by atoms with Crippen LogP contribution >= 0.6 is 37.2 Å². The van der Waals surface area contributed by atoms with Crippen LogP contribution in [0.5, 0.6) is 0 Å². The van der Waals surface area contributed by atoms with Crippen LogP contribution in [0.2, 0.25) is 0 Å². The van der Waals surface area contributed by atoms with E-state index in [1.165, 1.54) is 0 Å². The van der Waals surface area contributed by atoms with Crippen molar-refractivity contribution in [2.45, 2.75) is 13.0 Å². The molecule has 1 fully saturated rings. The van der Waals surface area contributed by atoms with Crippen molar-refractivity contribution in [3.8, 4) is 0 Å². The van der Waals surface area contributed by atoms with Crippen molar-refractivity contribution in [3.63, 3.8) is 0 Å². The van der Waals surface area contributed by atoms with Crippen LogP contribution in [0.1, 0.15) is 6.92 Å². The van der Waals surface area contributed by atoms with Gasteiger partial charge in [0.05, 0.1) is 17.2 Å². The number of amides is 1. The third kappa shape index (κ3) is 5.19. The lowest BCUT2D eigenvalue weighted by atomic mass is 10.1. The summed E-state index contributed by atoms with van der Waals surface area (Å²) < 4.78 is 0. The van der Waals surface area contributed by atoms with Crippen LogP contribution in [-0.2, 0) is 4.79 Å². The molecule has 134 valence electrons. The fraction of sp³-hybridized carbons (Fsp3) is 0.375. The van der Waals surface area contributed by atoms with Gasteiger partial charge in [-0.2, -0.15) is 0 Å². The zero-order chi connectivity index (χ0) is 14.7. The molecule has 0 bridgehead atoms. The van der Waals surface area contributed by atoms with E-state index in [-0.39, 0.29) is 49.2 Å². The molecular formula is C16H23Cl3N4O. The summed E-state index contributed by atoms with van der Waals surface area (Å²) >= 11 is 0. The van der Waals surface area contributed by atoms with Crippen LogP contribution in [0, 0.1) is 0 Å². The molecule has 24 heavy (non-hydrogen) atoms. The molecule has 5 nitrogen and oxygen atoms in total. The molecule has 1 amide bonds. The van der Waals surface area contributed by atoms with Gasteiger partial charge in [-0.25, -0.2) is 0 Å². The number of fused-ring (bicyclic) bond motifs is 1. The number of halogens is 3.